The highest BCUT2D eigenvalue weighted by Crippen LogP contribution is 2.38. The number of aliphatic hydroxyl groups is 4. The molecule has 1 saturated heterocycles. The summed E-state index contributed by atoms with van der Waals surface area (Å²) in [6.45, 7) is 0.984. The summed E-state index contributed by atoms with van der Waals surface area (Å²) in [6.07, 6.45) is -4.17. The van der Waals surface area contributed by atoms with Gasteiger partial charge in [0, 0.05) is 17.8 Å². The van der Waals surface area contributed by atoms with Gasteiger partial charge in [-0.15, -0.1) is 0 Å². The second kappa shape index (κ2) is 9.25. The first kappa shape index (κ1) is 22.8. The third-order valence-corrected chi connectivity index (χ3v) is 5.38. The number of aliphatic hydroxyl groups excluding tert-OH is 4. The third kappa shape index (κ3) is 4.58. The summed E-state index contributed by atoms with van der Waals surface area (Å²) >= 11 is 0. The van der Waals surface area contributed by atoms with Gasteiger partial charge < -0.3 is 34.6 Å². The minimum absolute atomic E-state index is 0.00101. The van der Waals surface area contributed by atoms with E-state index in [-0.39, 0.29) is 11.5 Å². The van der Waals surface area contributed by atoms with Crippen molar-refractivity contribution in [3.05, 3.63) is 64.5 Å². The summed E-state index contributed by atoms with van der Waals surface area (Å²) in [5.74, 6) is 0.351. The first-order valence-corrected chi connectivity index (χ1v) is 10.1. The number of fused-ring (bicyclic) bond motifs is 1. The van der Waals surface area contributed by atoms with Crippen molar-refractivity contribution in [1.29, 1.82) is 0 Å². The Morgan fingerprint density at radius 1 is 1.06 bits per heavy atom. The first-order valence-electron chi connectivity index (χ1n) is 10.1. The van der Waals surface area contributed by atoms with Crippen LogP contribution in [0.15, 0.2) is 48.8 Å². The second-order valence-electron chi connectivity index (χ2n) is 7.64. The molecule has 5 atom stereocenters. The maximum Gasteiger partial charge on any atom is 0.315 e. The minimum Gasteiger partial charge on any atom is -0.461 e. The normalized spacial score (nSPS) is 25.1. The average molecular weight is 458 g/mol. The number of pyridine rings is 1. The van der Waals surface area contributed by atoms with Crippen molar-refractivity contribution in [2.24, 2.45) is 0 Å². The van der Waals surface area contributed by atoms with Crippen LogP contribution in [0.5, 0.6) is 17.2 Å². The molecule has 0 saturated carbocycles. The molecule has 4 N–H and O–H groups in total. The standard InChI is InChI=1S/C22H22N2O9/c1-11-6-17(31-14-3-2-12-4-5-23-9-13(12)7-14)15(24(29)30)8-16(11)32-22-21(28)20(27)19(26)18(10-25)33-22/h2-9,18-22,25-28H,10H2,1H3/t18-,19-,20+,21+,22+/m1/s1. The van der Waals surface area contributed by atoms with Gasteiger partial charge in [-0.25, -0.2) is 0 Å². The lowest BCUT2D eigenvalue weighted by molar-refractivity contribution is -0.385. The van der Waals surface area contributed by atoms with Crippen molar-refractivity contribution in [2.45, 2.75) is 37.6 Å². The van der Waals surface area contributed by atoms with Crippen LogP contribution in [-0.2, 0) is 4.74 Å². The van der Waals surface area contributed by atoms with Crippen LogP contribution >= 0.6 is 0 Å². The van der Waals surface area contributed by atoms with Crippen molar-refractivity contribution in [3.8, 4) is 17.2 Å². The van der Waals surface area contributed by atoms with E-state index in [0.29, 0.717) is 11.3 Å². The van der Waals surface area contributed by atoms with E-state index in [1.807, 2.05) is 12.1 Å². The topological polar surface area (TPSA) is 165 Å². The molecule has 4 rings (SSSR count). The lowest BCUT2D eigenvalue weighted by Gasteiger charge is -2.39. The molecule has 2 aromatic carbocycles. The smallest absolute Gasteiger partial charge is 0.315 e. The van der Waals surface area contributed by atoms with Crippen molar-refractivity contribution < 1.29 is 39.6 Å². The van der Waals surface area contributed by atoms with E-state index in [9.17, 15) is 30.5 Å². The molecule has 1 aliphatic heterocycles. The Hall–Kier alpha value is -3.35. The summed E-state index contributed by atoms with van der Waals surface area (Å²) in [7, 11) is 0. The predicted molar refractivity (Wildman–Crippen MR) is 114 cm³/mol. The van der Waals surface area contributed by atoms with Crippen molar-refractivity contribution in [1.82, 2.24) is 4.98 Å². The van der Waals surface area contributed by atoms with Crippen LogP contribution in [-0.4, -0.2) is 67.6 Å². The maximum absolute atomic E-state index is 11.7. The number of nitrogens with zero attached hydrogens (tertiary/aromatic N) is 2. The molecule has 11 nitrogen and oxygen atoms in total. The zero-order chi connectivity index (χ0) is 23.7. The summed E-state index contributed by atoms with van der Waals surface area (Å²) in [5, 5.41) is 52.8. The Kier molecular flexibility index (Phi) is 6.40. The van der Waals surface area contributed by atoms with Crippen LogP contribution < -0.4 is 9.47 Å². The number of hydrogen-bond acceptors (Lipinski definition) is 10. The zero-order valence-corrected chi connectivity index (χ0v) is 17.4. The number of nitro groups is 1. The molecule has 1 aliphatic rings. The first-order chi connectivity index (χ1) is 15.8. The molecule has 1 fully saturated rings. The summed E-state index contributed by atoms with van der Waals surface area (Å²) < 4.78 is 16.7. The number of aromatic nitrogens is 1. The summed E-state index contributed by atoms with van der Waals surface area (Å²) in [6, 6.07) is 9.55. The van der Waals surface area contributed by atoms with Crippen LogP contribution in [0.3, 0.4) is 0 Å². The molecular weight excluding hydrogens is 436 g/mol. The SMILES string of the molecule is Cc1cc(Oc2ccc3ccncc3c2)c([N+](=O)[O-])cc1O[C@H]1O[C@H](CO)[C@@H](O)[C@H](O)[C@@H]1O. The predicted octanol–water partition coefficient (Wildman–Crippen LogP) is 1.42. The summed E-state index contributed by atoms with van der Waals surface area (Å²) in [4.78, 5) is 15.1. The fourth-order valence-corrected chi connectivity index (χ4v) is 3.55. The fourth-order valence-electron chi connectivity index (χ4n) is 3.55. The van der Waals surface area contributed by atoms with Gasteiger partial charge in [0.25, 0.3) is 0 Å². The van der Waals surface area contributed by atoms with Crippen molar-refractivity contribution in [2.75, 3.05) is 6.61 Å². The Morgan fingerprint density at radius 2 is 1.85 bits per heavy atom. The van der Waals surface area contributed by atoms with Crippen LogP contribution in [0, 0.1) is 17.0 Å². The highest BCUT2D eigenvalue weighted by Gasteiger charge is 2.45. The van der Waals surface area contributed by atoms with Gasteiger partial charge in [0.2, 0.25) is 12.0 Å². The van der Waals surface area contributed by atoms with Gasteiger partial charge in [-0.2, -0.15) is 0 Å². The van der Waals surface area contributed by atoms with Gasteiger partial charge in [-0.1, -0.05) is 6.07 Å². The molecular formula is C22H22N2O9. The Morgan fingerprint density at radius 3 is 2.58 bits per heavy atom. The van der Waals surface area contributed by atoms with Crippen molar-refractivity contribution >= 4 is 16.5 Å². The molecule has 0 spiro atoms. The van der Waals surface area contributed by atoms with E-state index in [4.69, 9.17) is 14.2 Å². The van der Waals surface area contributed by atoms with E-state index >= 15 is 0 Å². The van der Waals surface area contributed by atoms with Gasteiger partial charge in [-0.3, -0.25) is 15.1 Å². The third-order valence-electron chi connectivity index (χ3n) is 5.38. The molecule has 0 amide bonds. The zero-order valence-electron chi connectivity index (χ0n) is 17.4. The quantitative estimate of drug-likeness (QED) is 0.314. The van der Waals surface area contributed by atoms with Crippen LogP contribution in [0.2, 0.25) is 0 Å². The van der Waals surface area contributed by atoms with E-state index in [1.165, 1.54) is 6.07 Å². The number of aryl methyl sites for hydroxylation is 1. The highest BCUT2D eigenvalue weighted by atomic mass is 16.7. The van der Waals surface area contributed by atoms with E-state index in [1.54, 1.807) is 31.5 Å². The largest absolute Gasteiger partial charge is 0.461 e. The molecule has 2 heterocycles. The number of nitro benzene ring substituents is 1. The van der Waals surface area contributed by atoms with Gasteiger partial charge in [0.1, 0.15) is 35.9 Å². The molecule has 1 aromatic heterocycles. The van der Waals surface area contributed by atoms with Gasteiger partial charge in [0.05, 0.1) is 17.6 Å². The lowest BCUT2D eigenvalue weighted by atomic mass is 9.99. The average Bonchev–Trinajstić information content (AvgIpc) is 2.80. The number of ether oxygens (including phenoxy) is 3. The van der Waals surface area contributed by atoms with Gasteiger partial charge in [0.15, 0.2) is 0 Å². The van der Waals surface area contributed by atoms with E-state index in [2.05, 4.69) is 4.98 Å². The molecule has 0 radical (unpaired) electrons. The van der Waals surface area contributed by atoms with Crippen LogP contribution in [0.1, 0.15) is 5.56 Å². The molecule has 11 heteroatoms. The highest BCUT2D eigenvalue weighted by molar-refractivity contribution is 5.82. The monoisotopic (exact) mass is 458 g/mol. The fraction of sp³-hybridized carbons (Fsp3) is 0.318. The maximum atomic E-state index is 11.7. The second-order valence-corrected chi connectivity index (χ2v) is 7.64. The Bertz CT molecular complexity index is 1170. The van der Waals surface area contributed by atoms with Crippen LogP contribution in [0.25, 0.3) is 10.8 Å². The molecule has 0 unspecified atom stereocenters. The van der Waals surface area contributed by atoms with Crippen LogP contribution in [0.4, 0.5) is 5.69 Å². The Labute approximate surface area is 187 Å². The minimum atomic E-state index is -1.65. The molecule has 33 heavy (non-hydrogen) atoms. The summed E-state index contributed by atoms with van der Waals surface area (Å²) in [5.41, 5.74) is 0.0292. The molecule has 0 aliphatic carbocycles. The number of hydrogen-bond donors (Lipinski definition) is 4. The van der Waals surface area contributed by atoms with Gasteiger partial charge >= 0.3 is 5.69 Å². The molecule has 0 bridgehead atoms. The molecule has 174 valence electrons. The van der Waals surface area contributed by atoms with Gasteiger partial charge in [-0.05, 0) is 42.1 Å². The van der Waals surface area contributed by atoms with E-state index < -0.39 is 47.9 Å². The van der Waals surface area contributed by atoms with Crippen molar-refractivity contribution in [3.63, 3.8) is 0 Å². The number of benzene rings is 2. The number of rotatable bonds is 6. The Balaban J connectivity index is 1.62. The lowest BCUT2D eigenvalue weighted by Crippen LogP contribution is -2.60. The molecule has 3 aromatic rings. The van der Waals surface area contributed by atoms with E-state index in [0.717, 1.165) is 16.8 Å².